The first-order valence-corrected chi connectivity index (χ1v) is 8.20. The van der Waals surface area contributed by atoms with Crippen molar-refractivity contribution in [2.24, 2.45) is 5.92 Å². The molecule has 0 saturated carbocycles. The average Bonchev–Trinajstić information content (AvgIpc) is 2.85. The van der Waals surface area contributed by atoms with Crippen LogP contribution in [0.1, 0.15) is 54.8 Å². The number of fused-ring (bicyclic) bond motifs is 1. The lowest BCUT2D eigenvalue weighted by Gasteiger charge is -2.41. The topological polar surface area (TPSA) is 66.0 Å². The second kappa shape index (κ2) is 5.60. The number of ketones is 1. The number of aliphatic hydroxyl groups is 1. The fourth-order valence-electron chi connectivity index (χ4n) is 4.00. The van der Waals surface area contributed by atoms with Crippen LogP contribution in [0.25, 0.3) is 0 Å². The number of aromatic nitrogens is 2. The molecule has 0 unspecified atom stereocenters. The van der Waals surface area contributed by atoms with Crippen LogP contribution in [-0.4, -0.2) is 26.7 Å². The summed E-state index contributed by atoms with van der Waals surface area (Å²) >= 11 is 0. The number of hydrogen-bond donors (Lipinski definition) is 2. The SMILES string of the molecule is CCc1ccc([C@H]2c3c(n[nH]c3C)C[C@@](C)(O)[C@@H]2C(C)=O)cc1. The Kier molecular flexibility index (Phi) is 3.88. The molecular formula is C19H24N2O2. The molecule has 4 nitrogen and oxygen atoms in total. The van der Waals surface area contributed by atoms with Crippen molar-refractivity contribution in [3.8, 4) is 0 Å². The van der Waals surface area contributed by atoms with Crippen molar-refractivity contribution in [2.75, 3.05) is 0 Å². The summed E-state index contributed by atoms with van der Waals surface area (Å²) in [4.78, 5) is 12.4. The number of Topliss-reactive ketones (excluding diaryl/α,β-unsaturated/α-hetero) is 1. The molecule has 0 fully saturated rings. The van der Waals surface area contributed by atoms with Crippen LogP contribution in [0.4, 0.5) is 0 Å². The van der Waals surface area contributed by atoms with Crippen LogP contribution in [0, 0.1) is 12.8 Å². The van der Waals surface area contributed by atoms with Gasteiger partial charge >= 0.3 is 0 Å². The van der Waals surface area contributed by atoms with Gasteiger partial charge in [0.25, 0.3) is 0 Å². The fourth-order valence-corrected chi connectivity index (χ4v) is 4.00. The third-order valence-electron chi connectivity index (χ3n) is 5.10. The Balaban J connectivity index is 2.19. The number of carbonyl (C=O) groups excluding carboxylic acids is 1. The van der Waals surface area contributed by atoms with Crippen LogP contribution < -0.4 is 0 Å². The second-order valence-electron chi connectivity index (χ2n) is 6.90. The van der Waals surface area contributed by atoms with E-state index >= 15 is 0 Å². The van der Waals surface area contributed by atoms with E-state index in [4.69, 9.17) is 0 Å². The molecule has 2 N–H and O–H groups in total. The van der Waals surface area contributed by atoms with Gasteiger partial charge in [0.1, 0.15) is 5.78 Å². The average molecular weight is 312 g/mol. The molecule has 2 aromatic rings. The van der Waals surface area contributed by atoms with Crippen molar-refractivity contribution in [1.29, 1.82) is 0 Å². The molecule has 0 saturated heterocycles. The summed E-state index contributed by atoms with van der Waals surface area (Å²) in [6.07, 6.45) is 1.38. The molecule has 1 aromatic carbocycles. The number of nitrogens with zero attached hydrogens (tertiary/aromatic N) is 1. The van der Waals surface area contributed by atoms with Crippen LogP contribution in [0.2, 0.25) is 0 Å². The lowest BCUT2D eigenvalue weighted by molar-refractivity contribution is -0.130. The summed E-state index contributed by atoms with van der Waals surface area (Å²) in [5, 5.41) is 18.3. The van der Waals surface area contributed by atoms with Crippen LogP contribution >= 0.6 is 0 Å². The molecule has 0 spiro atoms. The molecule has 1 heterocycles. The van der Waals surface area contributed by atoms with Crippen LogP contribution in [0.3, 0.4) is 0 Å². The first-order chi connectivity index (χ1) is 10.8. The number of H-pyrrole nitrogens is 1. The summed E-state index contributed by atoms with van der Waals surface area (Å²) in [6.45, 7) is 7.43. The third kappa shape index (κ3) is 2.61. The van der Waals surface area contributed by atoms with Gasteiger partial charge in [0.2, 0.25) is 0 Å². The zero-order valence-electron chi connectivity index (χ0n) is 14.2. The second-order valence-corrected chi connectivity index (χ2v) is 6.90. The van der Waals surface area contributed by atoms with Gasteiger partial charge in [0.15, 0.2) is 0 Å². The van der Waals surface area contributed by atoms with Gasteiger partial charge in [-0.25, -0.2) is 0 Å². The van der Waals surface area contributed by atoms with Gasteiger partial charge in [-0.3, -0.25) is 9.89 Å². The normalized spacial score (nSPS) is 26.8. The Morgan fingerprint density at radius 3 is 2.61 bits per heavy atom. The van der Waals surface area contributed by atoms with Crippen LogP contribution in [0.15, 0.2) is 24.3 Å². The Bertz CT molecular complexity index is 728. The summed E-state index contributed by atoms with van der Waals surface area (Å²) in [7, 11) is 0. The first kappa shape index (κ1) is 15.9. The lowest BCUT2D eigenvalue weighted by atomic mass is 9.64. The zero-order valence-corrected chi connectivity index (χ0v) is 14.2. The Hall–Kier alpha value is -1.94. The molecule has 0 amide bonds. The molecular weight excluding hydrogens is 288 g/mol. The minimum absolute atomic E-state index is 0.0193. The molecule has 1 aliphatic carbocycles. The highest BCUT2D eigenvalue weighted by Crippen LogP contribution is 2.46. The predicted molar refractivity (Wildman–Crippen MR) is 89.5 cm³/mol. The van der Waals surface area contributed by atoms with Crippen molar-refractivity contribution in [2.45, 2.75) is 52.1 Å². The monoisotopic (exact) mass is 312 g/mol. The number of hydrogen-bond acceptors (Lipinski definition) is 3. The largest absolute Gasteiger partial charge is 0.389 e. The van der Waals surface area contributed by atoms with Crippen molar-refractivity contribution in [3.63, 3.8) is 0 Å². The van der Waals surface area contributed by atoms with Gasteiger partial charge in [-0.1, -0.05) is 31.2 Å². The van der Waals surface area contributed by atoms with Gasteiger partial charge < -0.3 is 5.11 Å². The van der Waals surface area contributed by atoms with E-state index in [0.717, 1.165) is 28.9 Å². The highest BCUT2D eigenvalue weighted by molar-refractivity contribution is 5.82. The standard InChI is InChI=1S/C19H24N2O2/c1-5-13-6-8-14(9-7-13)17-16-11(2)20-21-15(16)10-19(4,23)18(17)12(3)22/h6-9,17-18,23H,5,10H2,1-4H3,(H,20,21)/t17-,18+,19+/m0/s1. The van der Waals surface area contributed by atoms with Gasteiger partial charge in [-0.2, -0.15) is 5.10 Å². The van der Waals surface area contributed by atoms with Gasteiger partial charge in [0.05, 0.1) is 17.2 Å². The van der Waals surface area contributed by atoms with Gasteiger partial charge in [-0.05, 0) is 38.3 Å². The smallest absolute Gasteiger partial charge is 0.136 e. The molecule has 4 heteroatoms. The summed E-state index contributed by atoms with van der Waals surface area (Å²) in [6, 6.07) is 8.37. The van der Waals surface area contributed by atoms with Crippen LogP contribution in [0.5, 0.6) is 0 Å². The molecule has 23 heavy (non-hydrogen) atoms. The molecule has 0 radical (unpaired) electrons. The lowest BCUT2D eigenvalue weighted by Crippen LogP contribution is -2.48. The summed E-state index contributed by atoms with van der Waals surface area (Å²) in [5.74, 6) is -0.597. The molecule has 1 aliphatic rings. The maximum atomic E-state index is 12.4. The van der Waals surface area contributed by atoms with Gasteiger partial charge in [0, 0.05) is 23.6 Å². The first-order valence-electron chi connectivity index (χ1n) is 8.20. The number of nitrogens with one attached hydrogen (secondary N) is 1. The van der Waals surface area contributed by atoms with Gasteiger partial charge in [-0.15, -0.1) is 0 Å². The Morgan fingerprint density at radius 2 is 2.04 bits per heavy atom. The molecule has 0 aliphatic heterocycles. The third-order valence-corrected chi connectivity index (χ3v) is 5.10. The van der Waals surface area contributed by atoms with E-state index in [2.05, 4.69) is 41.4 Å². The Morgan fingerprint density at radius 1 is 1.39 bits per heavy atom. The van der Waals surface area contributed by atoms with Crippen LogP contribution in [-0.2, 0) is 17.6 Å². The number of aromatic amines is 1. The molecule has 3 atom stereocenters. The maximum Gasteiger partial charge on any atom is 0.136 e. The van der Waals surface area contributed by atoms with E-state index in [1.807, 2.05) is 6.92 Å². The highest BCUT2D eigenvalue weighted by Gasteiger charge is 2.48. The van der Waals surface area contributed by atoms with Crippen molar-refractivity contribution >= 4 is 5.78 Å². The van der Waals surface area contributed by atoms with Crippen molar-refractivity contribution in [1.82, 2.24) is 10.2 Å². The van der Waals surface area contributed by atoms with Crippen molar-refractivity contribution in [3.05, 3.63) is 52.3 Å². The highest BCUT2D eigenvalue weighted by atomic mass is 16.3. The summed E-state index contributed by atoms with van der Waals surface area (Å²) < 4.78 is 0. The minimum atomic E-state index is -1.09. The molecule has 3 rings (SSSR count). The van der Waals surface area contributed by atoms with E-state index in [0.29, 0.717) is 6.42 Å². The number of benzene rings is 1. The van der Waals surface area contributed by atoms with E-state index in [1.54, 1.807) is 13.8 Å². The van der Waals surface area contributed by atoms with E-state index in [9.17, 15) is 9.90 Å². The van der Waals surface area contributed by atoms with Crippen molar-refractivity contribution < 1.29 is 9.90 Å². The van der Waals surface area contributed by atoms with E-state index < -0.39 is 11.5 Å². The fraction of sp³-hybridized carbons (Fsp3) is 0.474. The number of carbonyl (C=O) groups is 1. The molecule has 1 aromatic heterocycles. The number of rotatable bonds is 3. The molecule has 122 valence electrons. The molecule has 0 bridgehead atoms. The maximum absolute atomic E-state index is 12.4. The Labute approximate surface area is 136 Å². The van der Waals surface area contributed by atoms with E-state index in [1.165, 1.54) is 5.56 Å². The zero-order chi connectivity index (χ0) is 16.8. The quantitative estimate of drug-likeness (QED) is 0.916. The minimum Gasteiger partial charge on any atom is -0.389 e. The number of aryl methyl sites for hydroxylation is 2. The summed E-state index contributed by atoms with van der Waals surface area (Å²) in [5.41, 5.74) is 4.16. The van der Waals surface area contributed by atoms with E-state index in [-0.39, 0.29) is 11.7 Å². The predicted octanol–water partition coefficient (Wildman–Crippen LogP) is 2.92.